The van der Waals surface area contributed by atoms with Crippen LogP contribution in [0.25, 0.3) is 55.3 Å². The van der Waals surface area contributed by atoms with Crippen molar-refractivity contribution in [1.82, 2.24) is 20.6 Å². The maximum absolute atomic E-state index is 12.8. The van der Waals surface area contributed by atoms with E-state index in [4.69, 9.17) is 14.7 Å². The summed E-state index contributed by atoms with van der Waals surface area (Å²) in [5, 5.41) is 18.7. The third-order valence-corrected chi connectivity index (χ3v) is 14.2. The molecular formula is C56H52N8O3S2. The number of hydrogen-bond donors (Lipinski definition) is 4. The lowest BCUT2D eigenvalue weighted by Crippen LogP contribution is -2.43. The third kappa shape index (κ3) is 10.8. The summed E-state index contributed by atoms with van der Waals surface area (Å²) in [6.45, 7) is 8.38. The summed E-state index contributed by atoms with van der Waals surface area (Å²) in [6, 6.07) is 49.2. The van der Waals surface area contributed by atoms with Crippen molar-refractivity contribution in [3.05, 3.63) is 173 Å². The van der Waals surface area contributed by atoms with E-state index in [1.54, 1.807) is 29.8 Å². The monoisotopic (exact) mass is 948 g/mol. The third-order valence-electron chi connectivity index (χ3n) is 12.4. The van der Waals surface area contributed by atoms with Crippen LogP contribution in [0, 0.1) is 0 Å². The zero-order valence-electron chi connectivity index (χ0n) is 38.3. The van der Waals surface area contributed by atoms with Crippen LogP contribution in [0.2, 0.25) is 0 Å². The van der Waals surface area contributed by atoms with Gasteiger partial charge in [0.2, 0.25) is 5.91 Å². The predicted octanol–water partition coefficient (Wildman–Crippen LogP) is 10.5. The molecule has 0 unspecified atom stereocenters. The number of amides is 2. The summed E-state index contributed by atoms with van der Waals surface area (Å²) in [6.07, 6.45) is 2.43. The topological polar surface area (TPSA) is 124 Å². The number of aromatic nitrogens is 2. The zero-order valence-corrected chi connectivity index (χ0v) is 39.9. The van der Waals surface area contributed by atoms with E-state index in [9.17, 15) is 9.59 Å². The summed E-state index contributed by atoms with van der Waals surface area (Å²) < 4.78 is 5.13. The highest BCUT2D eigenvalue weighted by Crippen LogP contribution is 2.38. The van der Waals surface area contributed by atoms with Crippen molar-refractivity contribution in [3.8, 4) is 49.4 Å². The van der Waals surface area contributed by atoms with Gasteiger partial charge >= 0.3 is 0 Å². The van der Waals surface area contributed by atoms with Gasteiger partial charge in [0, 0.05) is 119 Å². The molecule has 0 bridgehead atoms. The van der Waals surface area contributed by atoms with Gasteiger partial charge in [0.15, 0.2) is 0 Å². The summed E-state index contributed by atoms with van der Waals surface area (Å²) in [7, 11) is 1.69. The van der Waals surface area contributed by atoms with Gasteiger partial charge in [-0.2, -0.15) is 0 Å². The lowest BCUT2D eigenvalue weighted by Gasteiger charge is -2.29. The van der Waals surface area contributed by atoms with Gasteiger partial charge in [-0.25, -0.2) is 9.97 Å². The molecule has 11 nitrogen and oxygen atoms in total. The van der Waals surface area contributed by atoms with Crippen molar-refractivity contribution >= 4 is 68.9 Å². The highest BCUT2D eigenvalue weighted by Gasteiger charge is 2.25. The Hall–Kier alpha value is -7.42. The molecule has 0 radical (unpaired) electrons. The minimum absolute atomic E-state index is 0.0606. The Morgan fingerprint density at radius 1 is 0.565 bits per heavy atom. The van der Waals surface area contributed by atoms with Crippen molar-refractivity contribution in [2.75, 3.05) is 79.9 Å². The van der Waals surface area contributed by atoms with Crippen LogP contribution in [-0.2, 0) is 16.0 Å². The molecule has 6 aromatic carbocycles. The van der Waals surface area contributed by atoms with E-state index in [1.165, 1.54) is 11.4 Å². The molecule has 0 saturated carbocycles. The molecule has 13 heteroatoms. The number of rotatable bonds is 8. The van der Waals surface area contributed by atoms with Crippen LogP contribution in [0.15, 0.2) is 156 Å². The second-order valence-electron chi connectivity index (χ2n) is 16.9. The van der Waals surface area contributed by atoms with E-state index in [2.05, 4.69) is 115 Å². The number of nitrogens with zero attached hydrogens (tertiary/aromatic N) is 4. The summed E-state index contributed by atoms with van der Waals surface area (Å²) >= 11 is 3.27. The Morgan fingerprint density at radius 2 is 1.09 bits per heavy atom. The van der Waals surface area contributed by atoms with Gasteiger partial charge in [-0.15, -0.1) is 22.7 Å². The van der Waals surface area contributed by atoms with Crippen LogP contribution in [0.3, 0.4) is 0 Å². The fourth-order valence-electron chi connectivity index (χ4n) is 8.71. The van der Waals surface area contributed by atoms with E-state index in [1.807, 2.05) is 78.9 Å². The summed E-state index contributed by atoms with van der Waals surface area (Å²) in [4.78, 5) is 38.5. The molecule has 0 spiro atoms. The molecule has 2 aromatic heterocycles. The van der Waals surface area contributed by atoms with Crippen molar-refractivity contribution in [2.45, 2.75) is 6.42 Å². The van der Waals surface area contributed by atoms with Gasteiger partial charge in [-0.05, 0) is 77.9 Å². The first-order valence-electron chi connectivity index (χ1n) is 23.2. The first-order chi connectivity index (χ1) is 33.9. The van der Waals surface area contributed by atoms with Crippen LogP contribution in [-0.4, -0.2) is 81.3 Å². The largest absolute Gasteiger partial charge is 0.497 e. The number of carbonyl (C=O) groups excluding carboxylic acids is 2. The summed E-state index contributed by atoms with van der Waals surface area (Å²) in [5.74, 6) is 0.913. The van der Waals surface area contributed by atoms with E-state index >= 15 is 0 Å². The number of carbonyl (C=O) groups is 2. The lowest BCUT2D eigenvalue weighted by molar-refractivity contribution is -0.115. The van der Waals surface area contributed by atoms with Crippen molar-refractivity contribution in [1.29, 1.82) is 0 Å². The fraction of sp³-hybridized carbons (Fsp3) is 0.179. The molecule has 69 heavy (non-hydrogen) atoms. The summed E-state index contributed by atoms with van der Waals surface area (Å²) in [5.41, 5.74) is 14.1. The second kappa shape index (κ2) is 21.3. The average Bonchev–Trinajstić information content (AvgIpc) is 4.25. The predicted molar refractivity (Wildman–Crippen MR) is 284 cm³/mol. The Labute approximate surface area is 410 Å². The maximum atomic E-state index is 12.8. The number of anilines is 4. The number of thiazole rings is 2. The quantitative estimate of drug-likeness (QED) is 0.110. The molecule has 2 amide bonds. The lowest BCUT2D eigenvalue weighted by atomic mass is 10.0. The first-order valence-corrected chi connectivity index (χ1v) is 25.0. The van der Waals surface area contributed by atoms with Gasteiger partial charge in [0.25, 0.3) is 5.91 Å². The number of methoxy groups -OCH3 is 1. The Morgan fingerprint density at radius 3 is 1.64 bits per heavy atom. The normalized spacial score (nSPS) is 15.5. The SMILES string of the molecule is COc1ccc(N2CCNCC2)cc1.O=C1Cc2cc(-c3csc(-c4ccccc4)n3)ccc2N1.O=C1Nc2ccc(-c3csc(-c4ccccc4)n3)cc2/C1=C/c1ccc(N2CCNCC2)cc1. The molecule has 2 saturated heterocycles. The van der Waals surface area contributed by atoms with E-state index < -0.39 is 0 Å². The van der Waals surface area contributed by atoms with Crippen LogP contribution in [0.1, 0.15) is 16.7 Å². The Bertz CT molecular complexity index is 3070. The number of fused-ring (bicyclic) bond motifs is 2. The minimum atomic E-state index is -0.0680. The smallest absolute Gasteiger partial charge is 0.256 e. The van der Waals surface area contributed by atoms with Gasteiger partial charge in [-0.3, -0.25) is 9.59 Å². The number of hydrogen-bond acceptors (Lipinski definition) is 11. The van der Waals surface area contributed by atoms with E-state index in [0.717, 1.165) is 130 Å². The van der Waals surface area contributed by atoms with E-state index in [0.29, 0.717) is 12.0 Å². The van der Waals surface area contributed by atoms with Crippen molar-refractivity contribution in [3.63, 3.8) is 0 Å². The van der Waals surface area contributed by atoms with Gasteiger partial charge in [-0.1, -0.05) is 84.9 Å². The van der Waals surface area contributed by atoms with Gasteiger partial charge < -0.3 is 35.8 Å². The molecule has 8 aromatic rings. The molecule has 6 heterocycles. The molecule has 12 rings (SSSR count). The number of nitrogens with one attached hydrogen (secondary N) is 4. The van der Waals surface area contributed by atoms with Crippen LogP contribution < -0.4 is 35.8 Å². The molecule has 4 N–H and O–H groups in total. The minimum Gasteiger partial charge on any atom is -0.497 e. The Balaban J connectivity index is 0.000000134. The number of benzene rings is 6. The highest BCUT2D eigenvalue weighted by molar-refractivity contribution is 7.13. The fourth-order valence-corrected chi connectivity index (χ4v) is 10.4. The molecular weight excluding hydrogens is 897 g/mol. The van der Waals surface area contributed by atoms with Crippen LogP contribution in [0.4, 0.5) is 22.7 Å². The highest BCUT2D eigenvalue weighted by atomic mass is 32.1. The maximum Gasteiger partial charge on any atom is 0.256 e. The molecule has 4 aliphatic rings. The first kappa shape index (κ1) is 45.4. The number of piperazine rings is 2. The molecule has 346 valence electrons. The Kier molecular flexibility index (Phi) is 14.0. The standard InChI is InChI=1S/C28H24N4OS.C17H12N2OS.C11H16N2O/c33-27-24(16-19-6-9-22(10-7-19)32-14-12-29-13-15-32)23-17-21(8-11-25(23)30-27)26-18-34-28(31-26)20-4-2-1-3-5-20;20-16-9-13-8-12(6-7-14(13)18-16)15-10-21-17(19-15)11-4-2-1-3-5-11;1-14-11-4-2-10(3-5-11)13-8-6-12-7-9-13/h1-11,16-18,29H,12-15H2,(H,30,33);1-8,10H,9H2,(H,18,20);2-5,12H,6-9H2,1H3/b24-16-;;. The van der Waals surface area contributed by atoms with Crippen LogP contribution in [0.5, 0.6) is 5.75 Å². The van der Waals surface area contributed by atoms with Crippen LogP contribution >= 0.6 is 22.7 Å². The van der Waals surface area contributed by atoms with Gasteiger partial charge in [0.05, 0.1) is 24.9 Å². The van der Waals surface area contributed by atoms with Crippen molar-refractivity contribution in [2.24, 2.45) is 0 Å². The second-order valence-corrected chi connectivity index (χ2v) is 18.7. The molecule has 0 atom stereocenters. The van der Waals surface area contributed by atoms with E-state index in [-0.39, 0.29) is 11.8 Å². The van der Waals surface area contributed by atoms with Crippen molar-refractivity contribution < 1.29 is 14.3 Å². The number of ether oxygens (including phenoxy) is 1. The molecule has 0 aliphatic carbocycles. The zero-order chi connectivity index (χ0) is 46.9. The molecule has 4 aliphatic heterocycles. The van der Waals surface area contributed by atoms with Gasteiger partial charge in [0.1, 0.15) is 15.8 Å². The molecule has 2 fully saturated rings. The average molecular weight is 949 g/mol.